The van der Waals surface area contributed by atoms with Gasteiger partial charge in [-0.1, -0.05) is 30.3 Å². The third kappa shape index (κ3) is 4.57. The zero-order valence-electron chi connectivity index (χ0n) is 13.1. The van der Waals surface area contributed by atoms with Gasteiger partial charge in [0.25, 0.3) is 0 Å². The molecule has 2 aromatic carbocycles. The number of carbonyl (C=O) groups excluding carboxylic acids is 2. The number of nitrogens with one attached hydrogen (secondary N) is 1. The molecule has 23 heavy (non-hydrogen) atoms. The van der Waals surface area contributed by atoms with Crippen LogP contribution in [-0.4, -0.2) is 32.1 Å². The standard InChI is InChI=1S/C18H19NO4/c1-19-18(21)23-16(12-13-6-4-3-5-7-13)17(20)14-8-10-15(22-2)11-9-14/h3-11,16H,12H2,1-2H3,(H,19,21). The summed E-state index contributed by atoms with van der Waals surface area (Å²) >= 11 is 0. The largest absolute Gasteiger partial charge is 0.497 e. The Labute approximate surface area is 135 Å². The van der Waals surface area contributed by atoms with Crippen LogP contribution in [0.3, 0.4) is 0 Å². The van der Waals surface area contributed by atoms with E-state index in [4.69, 9.17) is 9.47 Å². The second kappa shape index (κ2) is 7.98. The van der Waals surface area contributed by atoms with Gasteiger partial charge in [0, 0.05) is 19.0 Å². The second-order valence-electron chi connectivity index (χ2n) is 4.93. The summed E-state index contributed by atoms with van der Waals surface area (Å²) in [5, 5.41) is 2.37. The van der Waals surface area contributed by atoms with Gasteiger partial charge in [-0.2, -0.15) is 0 Å². The lowest BCUT2D eigenvalue weighted by Crippen LogP contribution is -2.33. The van der Waals surface area contributed by atoms with Gasteiger partial charge in [-0.05, 0) is 29.8 Å². The third-order valence-electron chi connectivity index (χ3n) is 3.38. The monoisotopic (exact) mass is 313 g/mol. The second-order valence-corrected chi connectivity index (χ2v) is 4.93. The summed E-state index contributed by atoms with van der Waals surface area (Å²) in [5.41, 5.74) is 1.39. The molecule has 1 unspecified atom stereocenters. The van der Waals surface area contributed by atoms with E-state index >= 15 is 0 Å². The average Bonchev–Trinajstić information content (AvgIpc) is 2.61. The van der Waals surface area contributed by atoms with Crippen LogP contribution in [0, 0.1) is 0 Å². The highest BCUT2D eigenvalue weighted by Crippen LogP contribution is 2.16. The Morgan fingerprint density at radius 3 is 2.26 bits per heavy atom. The van der Waals surface area contributed by atoms with Crippen molar-refractivity contribution >= 4 is 11.9 Å². The highest BCUT2D eigenvalue weighted by Gasteiger charge is 2.24. The summed E-state index contributed by atoms with van der Waals surface area (Å²) in [6.45, 7) is 0. The minimum Gasteiger partial charge on any atom is -0.497 e. The van der Waals surface area contributed by atoms with E-state index in [2.05, 4.69) is 5.32 Å². The number of hydrogen-bond acceptors (Lipinski definition) is 4. The molecule has 0 aliphatic heterocycles. The minimum absolute atomic E-state index is 0.250. The Balaban J connectivity index is 2.20. The van der Waals surface area contributed by atoms with Crippen molar-refractivity contribution in [3.63, 3.8) is 0 Å². The molecule has 0 aliphatic carbocycles. The van der Waals surface area contributed by atoms with Gasteiger partial charge in [0.05, 0.1) is 7.11 Å². The number of hydrogen-bond donors (Lipinski definition) is 1. The van der Waals surface area contributed by atoms with Gasteiger partial charge < -0.3 is 14.8 Å². The van der Waals surface area contributed by atoms with Crippen molar-refractivity contribution in [2.75, 3.05) is 14.2 Å². The van der Waals surface area contributed by atoms with Gasteiger partial charge in [-0.15, -0.1) is 0 Å². The van der Waals surface area contributed by atoms with E-state index in [1.807, 2.05) is 30.3 Å². The summed E-state index contributed by atoms with van der Waals surface area (Å²) in [7, 11) is 3.02. The number of rotatable bonds is 6. The number of Topliss-reactive ketones (excluding diaryl/α,β-unsaturated/α-hetero) is 1. The number of alkyl carbamates (subject to hydrolysis) is 1. The van der Waals surface area contributed by atoms with Gasteiger partial charge in [0.2, 0.25) is 5.78 Å². The first-order valence-electron chi connectivity index (χ1n) is 7.24. The first-order valence-corrected chi connectivity index (χ1v) is 7.24. The van der Waals surface area contributed by atoms with Crippen LogP contribution in [-0.2, 0) is 11.2 Å². The maximum atomic E-state index is 12.7. The topological polar surface area (TPSA) is 64.6 Å². The molecule has 2 aromatic rings. The quantitative estimate of drug-likeness (QED) is 0.833. The van der Waals surface area contributed by atoms with Crippen molar-refractivity contribution in [1.82, 2.24) is 5.32 Å². The molecule has 0 bridgehead atoms. The normalized spacial score (nSPS) is 11.4. The Morgan fingerprint density at radius 2 is 1.70 bits per heavy atom. The molecule has 0 aliphatic rings. The van der Waals surface area contributed by atoms with E-state index in [1.165, 1.54) is 7.05 Å². The number of benzene rings is 2. The number of ether oxygens (including phenoxy) is 2. The van der Waals surface area contributed by atoms with Gasteiger partial charge in [0.1, 0.15) is 5.75 Å². The van der Waals surface area contributed by atoms with E-state index in [-0.39, 0.29) is 5.78 Å². The van der Waals surface area contributed by atoms with E-state index < -0.39 is 12.2 Å². The molecule has 5 heteroatoms. The minimum atomic E-state index is -0.884. The zero-order valence-corrected chi connectivity index (χ0v) is 13.1. The lowest BCUT2D eigenvalue weighted by atomic mass is 10.00. The Bertz CT molecular complexity index is 652. The fraction of sp³-hybridized carbons (Fsp3) is 0.222. The summed E-state index contributed by atoms with van der Waals surface area (Å²) < 4.78 is 10.3. The van der Waals surface area contributed by atoms with Crippen molar-refractivity contribution in [1.29, 1.82) is 0 Å². The van der Waals surface area contributed by atoms with Crippen LogP contribution >= 0.6 is 0 Å². The predicted molar refractivity (Wildman–Crippen MR) is 86.8 cm³/mol. The van der Waals surface area contributed by atoms with E-state index in [0.29, 0.717) is 17.7 Å². The summed E-state index contributed by atoms with van der Waals surface area (Å²) in [6.07, 6.45) is -1.20. The molecule has 0 spiro atoms. The molecule has 120 valence electrons. The van der Waals surface area contributed by atoms with Crippen LogP contribution in [0.15, 0.2) is 54.6 Å². The molecule has 0 radical (unpaired) electrons. The van der Waals surface area contributed by atoms with Crippen LogP contribution in [0.5, 0.6) is 5.75 Å². The highest BCUT2D eigenvalue weighted by atomic mass is 16.6. The van der Waals surface area contributed by atoms with Crippen LogP contribution in [0.25, 0.3) is 0 Å². The SMILES string of the molecule is CNC(=O)OC(Cc1ccccc1)C(=O)c1ccc(OC)cc1. The van der Waals surface area contributed by atoms with Crippen LogP contribution < -0.4 is 10.1 Å². The van der Waals surface area contributed by atoms with Crippen molar-refractivity contribution in [3.05, 3.63) is 65.7 Å². The molecular weight excluding hydrogens is 294 g/mol. The number of carbonyl (C=O) groups is 2. The average molecular weight is 313 g/mol. The number of amides is 1. The zero-order chi connectivity index (χ0) is 16.7. The predicted octanol–water partition coefficient (Wildman–Crippen LogP) is 2.85. The van der Waals surface area contributed by atoms with E-state index in [0.717, 1.165) is 5.56 Å². The Kier molecular flexibility index (Phi) is 5.74. The van der Waals surface area contributed by atoms with Crippen molar-refractivity contribution in [2.45, 2.75) is 12.5 Å². The molecule has 1 atom stereocenters. The molecular formula is C18H19NO4. The molecule has 0 saturated heterocycles. The van der Waals surface area contributed by atoms with E-state index in [1.54, 1.807) is 31.4 Å². The molecule has 5 nitrogen and oxygen atoms in total. The fourth-order valence-corrected chi connectivity index (χ4v) is 2.15. The summed E-state index contributed by atoms with van der Waals surface area (Å²) in [5.74, 6) is 0.411. The van der Waals surface area contributed by atoms with Crippen molar-refractivity contribution in [2.24, 2.45) is 0 Å². The lowest BCUT2D eigenvalue weighted by molar-refractivity contribution is 0.0635. The first kappa shape index (κ1) is 16.5. The molecule has 0 fully saturated rings. The Hall–Kier alpha value is -2.82. The molecule has 0 heterocycles. The molecule has 1 N–H and O–H groups in total. The first-order chi connectivity index (χ1) is 11.1. The van der Waals surface area contributed by atoms with Crippen molar-refractivity contribution < 1.29 is 19.1 Å². The summed E-state index contributed by atoms with van der Waals surface area (Å²) in [4.78, 5) is 24.2. The molecule has 2 rings (SSSR count). The van der Waals surface area contributed by atoms with Gasteiger partial charge in [-0.3, -0.25) is 4.79 Å². The molecule has 0 saturated carbocycles. The fourth-order valence-electron chi connectivity index (χ4n) is 2.15. The van der Waals surface area contributed by atoms with Crippen LogP contribution in [0.2, 0.25) is 0 Å². The van der Waals surface area contributed by atoms with E-state index in [9.17, 15) is 9.59 Å². The molecule has 1 amide bonds. The third-order valence-corrected chi connectivity index (χ3v) is 3.38. The maximum absolute atomic E-state index is 12.7. The smallest absolute Gasteiger partial charge is 0.407 e. The lowest BCUT2D eigenvalue weighted by Gasteiger charge is -2.17. The van der Waals surface area contributed by atoms with Gasteiger partial charge >= 0.3 is 6.09 Å². The van der Waals surface area contributed by atoms with Gasteiger partial charge in [0.15, 0.2) is 6.10 Å². The Morgan fingerprint density at radius 1 is 1.04 bits per heavy atom. The van der Waals surface area contributed by atoms with Crippen LogP contribution in [0.4, 0.5) is 4.79 Å². The molecule has 0 aromatic heterocycles. The highest BCUT2D eigenvalue weighted by molar-refractivity contribution is 6.00. The summed E-state index contributed by atoms with van der Waals surface area (Å²) in [6, 6.07) is 16.2. The van der Waals surface area contributed by atoms with Crippen LogP contribution in [0.1, 0.15) is 15.9 Å². The van der Waals surface area contributed by atoms with Crippen molar-refractivity contribution in [3.8, 4) is 5.75 Å². The van der Waals surface area contributed by atoms with Gasteiger partial charge in [-0.25, -0.2) is 4.79 Å². The number of ketones is 1. The number of methoxy groups -OCH3 is 1. The maximum Gasteiger partial charge on any atom is 0.407 e.